The second-order valence-corrected chi connectivity index (χ2v) is 5.05. The van der Waals surface area contributed by atoms with Crippen molar-refractivity contribution in [3.63, 3.8) is 0 Å². The molecule has 2 aromatic carbocycles. The van der Waals surface area contributed by atoms with Crippen LogP contribution in [-0.4, -0.2) is 18.1 Å². The predicted molar refractivity (Wildman–Crippen MR) is 86.3 cm³/mol. The lowest BCUT2D eigenvalue weighted by Gasteiger charge is -2.12. The minimum Gasteiger partial charge on any atom is -0.505 e. The van der Waals surface area contributed by atoms with Gasteiger partial charge in [-0.25, -0.2) is 4.39 Å². The molecule has 0 aliphatic rings. The normalized spacial score (nSPS) is 11.3. The number of benzene rings is 2. The lowest BCUT2D eigenvalue weighted by molar-refractivity contribution is 0.431. The number of nitrogens with one attached hydrogen (secondary N) is 2. The van der Waals surface area contributed by atoms with Gasteiger partial charge in [0.25, 0.3) is 0 Å². The topological polar surface area (TPSA) is 56.7 Å². The van der Waals surface area contributed by atoms with Crippen LogP contribution in [0.3, 0.4) is 0 Å². The number of phenols is 1. The van der Waals surface area contributed by atoms with E-state index in [0.717, 1.165) is 5.56 Å². The summed E-state index contributed by atoms with van der Waals surface area (Å²) in [5.74, 6) is -0.331. The number of hydrogen-bond donors (Lipinski definition) is 3. The first kappa shape index (κ1) is 15.8. The van der Waals surface area contributed by atoms with Gasteiger partial charge in [0, 0.05) is 20.1 Å². The predicted octanol–water partition coefficient (Wildman–Crippen LogP) is 2.70. The molecule has 0 aliphatic heterocycles. The summed E-state index contributed by atoms with van der Waals surface area (Å²) in [6, 6.07) is 12.5. The van der Waals surface area contributed by atoms with Crippen LogP contribution in [-0.2, 0) is 13.1 Å². The number of halogens is 1. The van der Waals surface area contributed by atoms with Crippen molar-refractivity contribution < 1.29 is 9.50 Å². The van der Waals surface area contributed by atoms with Crippen LogP contribution in [0, 0.1) is 12.7 Å². The van der Waals surface area contributed by atoms with Crippen LogP contribution in [0.5, 0.6) is 5.75 Å². The summed E-state index contributed by atoms with van der Waals surface area (Å²) in [6.07, 6.45) is 0. The molecular weight excluding hydrogens is 281 g/mol. The van der Waals surface area contributed by atoms with Crippen molar-refractivity contribution in [2.45, 2.75) is 20.0 Å². The molecule has 0 spiro atoms. The third kappa shape index (κ3) is 4.48. The van der Waals surface area contributed by atoms with Gasteiger partial charge in [0.15, 0.2) is 17.5 Å². The molecule has 4 nitrogen and oxygen atoms in total. The molecule has 116 valence electrons. The zero-order valence-corrected chi connectivity index (χ0v) is 12.7. The van der Waals surface area contributed by atoms with Crippen molar-refractivity contribution in [2.75, 3.05) is 7.05 Å². The zero-order valence-electron chi connectivity index (χ0n) is 12.7. The fourth-order valence-corrected chi connectivity index (χ4v) is 2.07. The molecule has 22 heavy (non-hydrogen) atoms. The van der Waals surface area contributed by atoms with Crippen molar-refractivity contribution in [1.29, 1.82) is 0 Å². The summed E-state index contributed by atoms with van der Waals surface area (Å²) in [6.45, 7) is 3.13. The number of guanidine groups is 1. The lowest BCUT2D eigenvalue weighted by atomic mass is 10.1. The van der Waals surface area contributed by atoms with Crippen LogP contribution >= 0.6 is 0 Å². The Kier molecular flexibility index (Phi) is 5.36. The Bertz CT molecular complexity index is 671. The molecule has 0 unspecified atom stereocenters. The molecule has 0 aliphatic carbocycles. The Morgan fingerprint density at radius 3 is 2.36 bits per heavy atom. The van der Waals surface area contributed by atoms with E-state index in [-0.39, 0.29) is 5.75 Å². The molecule has 0 amide bonds. The summed E-state index contributed by atoms with van der Waals surface area (Å²) in [7, 11) is 1.68. The highest BCUT2D eigenvalue weighted by atomic mass is 19.1. The molecule has 0 saturated carbocycles. The van der Waals surface area contributed by atoms with Crippen molar-refractivity contribution in [2.24, 2.45) is 4.99 Å². The molecule has 0 heterocycles. The van der Waals surface area contributed by atoms with Gasteiger partial charge in [-0.3, -0.25) is 4.99 Å². The van der Waals surface area contributed by atoms with Crippen molar-refractivity contribution >= 4 is 5.96 Å². The third-order valence-electron chi connectivity index (χ3n) is 3.24. The maximum absolute atomic E-state index is 13.3. The number of aliphatic imine (C=N–C) groups is 1. The van der Waals surface area contributed by atoms with Gasteiger partial charge in [-0.1, -0.05) is 35.9 Å². The highest BCUT2D eigenvalue weighted by molar-refractivity contribution is 5.79. The van der Waals surface area contributed by atoms with Crippen LogP contribution in [0.25, 0.3) is 0 Å². The first-order valence-electron chi connectivity index (χ1n) is 7.06. The van der Waals surface area contributed by atoms with E-state index in [1.807, 2.05) is 12.1 Å². The molecule has 0 aromatic heterocycles. The summed E-state index contributed by atoms with van der Waals surface area (Å²) < 4.78 is 13.3. The van der Waals surface area contributed by atoms with E-state index in [2.05, 4.69) is 34.7 Å². The molecule has 5 heteroatoms. The SMILES string of the molecule is CN=C(NCc1cccc(C)c1)NCc1ccc(O)c(F)c1. The second-order valence-electron chi connectivity index (χ2n) is 5.05. The number of aromatic hydroxyl groups is 1. The van der Waals surface area contributed by atoms with Gasteiger partial charge in [-0.15, -0.1) is 0 Å². The fraction of sp³-hybridized carbons (Fsp3) is 0.235. The smallest absolute Gasteiger partial charge is 0.191 e. The summed E-state index contributed by atoms with van der Waals surface area (Å²) in [5, 5.41) is 15.5. The van der Waals surface area contributed by atoms with E-state index in [9.17, 15) is 4.39 Å². The molecule has 0 bridgehead atoms. The monoisotopic (exact) mass is 301 g/mol. The molecule has 3 N–H and O–H groups in total. The van der Waals surface area contributed by atoms with Gasteiger partial charge in [-0.05, 0) is 30.2 Å². The van der Waals surface area contributed by atoms with Gasteiger partial charge in [0.05, 0.1) is 0 Å². The Morgan fingerprint density at radius 2 is 1.77 bits per heavy atom. The number of nitrogens with zero attached hydrogens (tertiary/aromatic N) is 1. The number of phenolic OH excluding ortho intramolecular Hbond substituents is 1. The quantitative estimate of drug-likeness (QED) is 0.601. The van der Waals surface area contributed by atoms with E-state index in [0.29, 0.717) is 19.0 Å². The number of aryl methyl sites for hydroxylation is 1. The van der Waals surface area contributed by atoms with Gasteiger partial charge in [0.1, 0.15) is 0 Å². The van der Waals surface area contributed by atoms with Crippen LogP contribution in [0.4, 0.5) is 4.39 Å². The minimum atomic E-state index is -0.623. The maximum Gasteiger partial charge on any atom is 0.191 e. The van der Waals surface area contributed by atoms with Gasteiger partial charge < -0.3 is 15.7 Å². The molecule has 0 fully saturated rings. The Morgan fingerprint density at radius 1 is 1.09 bits per heavy atom. The average Bonchev–Trinajstić information content (AvgIpc) is 2.51. The standard InChI is InChI=1S/C17H20FN3O/c1-12-4-3-5-13(8-12)10-20-17(19-2)21-11-14-6-7-16(22)15(18)9-14/h3-9,22H,10-11H2,1-2H3,(H2,19,20,21). The molecular formula is C17H20FN3O. The molecule has 2 rings (SSSR count). The van der Waals surface area contributed by atoms with E-state index >= 15 is 0 Å². The third-order valence-corrected chi connectivity index (χ3v) is 3.24. The van der Waals surface area contributed by atoms with Gasteiger partial charge in [-0.2, -0.15) is 0 Å². The second kappa shape index (κ2) is 7.45. The first-order valence-corrected chi connectivity index (χ1v) is 7.06. The minimum absolute atomic E-state index is 0.342. The molecule has 0 atom stereocenters. The van der Waals surface area contributed by atoms with E-state index in [4.69, 9.17) is 5.11 Å². The van der Waals surface area contributed by atoms with Crippen LogP contribution in [0.15, 0.2) is 47.5 Å². The Labute approximate surface area is 129 Å². The van der Waals surface area contributed by atoms with Crippen molar-refractivity contribution in [3.8, 4) is 5.75 Å². The molecule has 0 saturated heterocycles. The summed E-state index contributed by atoms with van der Waals surface area (Å²) in [4.78, 5) is 4.13. The zero-order chi connectivity index (χ0) is 15.9. The molecule has 0 radical (unpaired) electrons. The number of hydrogen-bond acceptors (Lipinski definition) is 2. The van der Waals surface area contributed by atoms with E-state index in [1.54, 1.807) is 13.1 Å². The van der Waals surface area contributed by atoms with Crippen LogP contribution < -0.4 is 10.6 Å². The van der Waals surface area contributed by atoms with Crippen molar-refractivity contribution in [1.82, 2.24) is 10.6 Å². The van der Waals surface area contributed by atoms with Crippen LogP contribution in [0.1, 0.15) is 16.7 Å². The van der Waals surface area contributed by atoms with E-state index in [1.165, 1.54) is 23.3 Å². The maximum atomic E-state index is 13.3. The Balaban J connectivity index is 1.88. The number of rotatable bonds is 4. The highest BCUT2D eigenvalue weighted by Gasteiger charge is 2.03. The average molecular weight is 301 g/mol. The largest absolute Gasteiger partial charge is 0.505 e. The lowest BCUT2D eigenvalue weighted by Crippen LogP contribution is -2.36. The van der Waals surface area contributed by atoms with Gasteiger partial charge >= 0.3 is 0 Å². The first-order chi connectivity index (χ1) is 10.6. The fourth-order valence-electron chi connectivity index (χ4n) is 2.07. The highest BCUT2D eigenvalue weighted by Crippen LogP contribution is 2.15. The Hall–Kier alpha value is -2.56. The van der Waals surface area contributed by atoms with E-state index < -0.39 is 5.82 Å². The van der Waals surface area contributed by atoms with Crippen molar-refractivity contribution in [3.05, 3.63) is 65.0 Å². The molecule has 2 aromatic rings. The summed E-state index contributed by atoms with van der Waals surface area (Å²) in [5.41, 5.74) is 3.11. The van der Waals surface area contributed by atoms with Crippen LogP contribution in [0.2, 0.25) is 0 Å². The van der Waals surface area contributed by atoms with Gasteiger partial charge in [0.2, 0.25) is 0 Å². The summed E-state index contributed by atoms with van der Waals surface area (Å²) >= 11 is 0.